The van der Waals surface area contributed by atoms with Gasteiger partial charge in [0.25, 0.3) is 0 Å². The topological polar surface area (TPSA) is 98.4 Å². The Hall–Kier alpha value is -1.87. The van der Waals surface area contributed by atoms with Gasteiger partial charge < -0.3 is 10.2 Å². The average molecular weight is 270 g/mol. The average Bonchev–Trinajstić information content (AvgIpc) is 2.16. The molecule has 1 rings (SSSR count). The van der Waals surface area contributed by atoms with Crippen molar-refractivity contribution in [2.45, 2.75) is 0 Å². The minimum absolute atomic E-state index is 0.0809. The van der Waals surface area contributed by atoms with E-state index in [4.69, 9.17) is 15.5 Å². The minimum Gasteiger partial charge on any atom is -0.478 e. The first-order chi connectivity index (χ1) is 6.97. The molecule has 1 aromatic carbocycles. The summed E-state index contributed by atoms with van der Waals surface area (Å²) in [6.45, 7) is 0. The van der Waals surface area contributed by atoms with Gasteiger partial charge in [0.15, 0.2) is 0 Å². The quantitative estimate of drug-likeness (QED) is 0.852. The lowest BCUT2D eigenvalue weighted by atomic mass is 10.0. The van der Waals surface area contributed by atoms with E-state index < -0.39 is 17.5 Å². The predicted molar refractivity (Wildman–Crippen MR) is 52.8 cm³/mol. The zero-order chi connectivity index (χ0) is 11.6. The van der Waals surface area contributed by atoms with Gasteiger partial charge in [-0.1, -0.05) is 0 Å². The highest BCUT2D eigenvalue weighted by molar-refractivity contribution is 9.10. The molecule has 0 heterocycles. The number of nitriles is 1. The second-order valence-electron chi connectivity index (χ2n) is 2.60. The SMILES string of the molecule is N#Cc1cc(C(=O)O)c(C(=O)O)cc1Br. The Kier molecular flexibility index (Phi) is 3.07. The van der Waals surface area contributed by atoms with Crippen LogP contribution in [-0.4, -0.2) is 22.2 Å². The molecule has 0 unspecified atom stereocenters. The number of rotatable bonds is 2. The van der Waals surface area contributed by atoms with Gasteiger partial charge in [0.1, 0.15) is 6.07 Å². The monoisotopic (exact) mass is 269 g/mol. The van der Waals surface area contributed by atoms with Crippen molar-refractivity contribution in [3.63, 3.8) is 0 Å². The summed E-state index contributed by atoms with van der Waals surface area (Å²) in [5, 5.41) is 26.1. The zero-order valence-corrected chi connectivity index (χ0v) is 8.78. The zero-order valence-electron chi connectivity index (χ0n) is 7.19. The maximum absolute atomic E-state index is 10.7. The minimum atomic E-state index is -1.38. The van der Waals surface area contributed by atoms with E-state index in [1.165, 1.54) is 0 Å². The molecule has 0 spiro atoms. The maximum atomic E-state index is 10.7. The molecule has 0 aliphatic heterocycles. The number of aromatic carboxylic acids is 2. The first-order valence-electron chi connectivity index (χ1n) is 3.67. The third kappa shape index (κ3) is 2.14. The van der Waals surface area contributed by atoms with Crippen LogP contribution >= 0.6 is 15.9 Å². The van der Waals surface area contributed by atoms with Crippen LogP contribution in [0.1, 0.15) is 26.3 Å². The van der Waals surface area contributed by atoms with Gasteiger partial charge in [0.05, 0.1) is 16.7 Å². The molecular formula is C9H4BrNO4. The normalized spacial score (nSPS) is 9.33. The van der Waals surface area contributed by atoms with Crippen molar-refractivity contribution in [1.82, 2.24) is 0 Å². The van der Waals surface area contributed by atoms with Crippen LogP contribution in [0.25, 0.3) is 0 Å². The Balaban J connectivity index is 3.54. The number of carboxylic acid groups (broad SMARTS) is 2. The van der Waals surface area contributed by atoms with E-state index in [0.29, 0.717) is 0 Å². The molecule has 0 saturated heterocycles. The fourth-order valence-electron chi connectivity index (χ4n) is 1.01. The van der Waals surface area contributed by atoms with E-state index in [-0.39, 0.29) is 15.6 Å². The number of benzene rings is 1. The first kappa shape index (κ1) is 11.2. The smallest absolute Gasteiger partial charge is 0.336 e. The van der Waals surface area contributed by atoms with Gasteiger partial charge in [0, 0.05) is 4.47 Å². The van der Waals surface area contributed by atoms with Crippen LogP contribution in [0.3, 0.4) is 0 Å². The molecule has 0 saturated carbocycles. The van der Waals surface area contributed by atoms with E-state index in [9.17, 15) is 9.59 Å². The summed E-state index contributed by atoms with van der Waals surface area (Å²) in [6.07, 6.45) is 0. The highest BCUT2D eigenvalue weighted by atomic mass is 79.9. The fraction of sp³-hybridized carbons (Fsp3) is 0. The highest BCUT2D eigenvalue weighted by Gasteiger charge is 2.18. The molecule has 0 fully saturated rings. The fourth-order valence-corrected chi connectivity index (χ4v) is 1.44. The summed E-state index contributed by atoms with van der Waals surface area (Å²) >= 11 is 2.98. The molecule has 15 heavy (non-hydrogen) atoms. The third-order valence-electron chi connectivity index (χ3n) is 1.69. The van der Waals surface area contributed by atoms with Crippen LogP contribution in [0.5, 0.6) is 0 Å². The van der Waals surface area contributed by atoms with Gasteiger partial charge in [-0.15, -0.1) is 0 Å². The summed E-state index contributed by atoms with van der Waals surface area (Å²) in [6, 6.07) is 3.88. The molecule has 0 radical (unpaired) electrons. The van der Waals surface area contributed by atoms with Crippen molar-refractivity contribution in [3.8, 4) is 6.07 Å². The molecule has 0 aliphatic carbocycles. The Labute approximate surface area is 92.7 Å². The van der Waals surface area contributed by atoms with Gasteiger partial charge in [0.2, 0.25) is 0 Å². The molecule has 6 heteroatoms. The van der Waals surface area contributed by atoms with Crippen LogP contribution in [0.2, 0.25) is 0 Å². The summed E-state index contributed by atoms with van der Waals surface area (Å²) in [5.74, 6) is -2.73. The summed E-state index contributed by atoms with van der Waals surface area (Å²) in [5.41, 5.74) is -0.673. The number of carbonyl (C=O) groups is 2. The molecule has 76 valence electrons. The number of halogens is 1. The molecule has 0 amide bonds. The largest absolute Gasteiger partial charge is 0.478 e. The number of hydrogen-bond acceptors (Lipinski definition) is 3. The van der Waals surface area contributed by atoms with Crippen LogP contribution in [0.15, 0.2) is 16.6 Å². The highest BCUT2D eigenvalue weighted by Crippen LogP contribution is 2.21. The van der Waals surface area contributed by atoms with Crippen LogP contribution in [0, 0.1) is 11.3 Å². The van der Waals surface area contributed by atoms with Crippen LogP contribution in [0.4, 0.5) is 0 Å². The van der Waals surface area contributed by atoms with Crippen molar-refractivity contribution in [2.75, 3.05) is 0 Å². The second-order valence-corrected chi connectivity index (χ2v) is 3.45. The van der Waals surface area contributed by atoms with Gasteiger partial charge in [-0.3, -0.25) is 0 Å². The van der Waals surface area contributed by atoms with E-state index in [2.05, 4.69) is 15.9 Å². The Morgan fingerprint density at radius 3 is 2.07 bits per heavy atom. The molecule has 0 bridgehead atoms. The van der Waals surface area contributed by atoms with Crippen molar-refractivity contribution in [1.29, 1.82) is 5.26 Å². The maximum Gasteiger partial charge on any atom is 0.336 e. The molecule has 0 aliphatic rings. The molecule has 0 aromatic heterocycles. The summed E-state index contributed by atoms with van der Waals surface area (Å²) < 4.78 is 0.257. The van der Waals surface area contributed by atoms with Gasteiger partial charge in [-0.05, 0) is 28.1 Å². The number of carboxylic acids is 2. The lowest BCUT2D eigenvalue weighted by molar-refractivity contribution is 0.0651. The van der Waals surface area contributed by atoms with Crippen molar-refractivity contribution >= 4 is 27.9 Å². The first-order valence-corrected chi connectivity index (χ1v) is 4.47. The van der Waals surface area contributed by atoms with Crippen molar-refractivity contribution in [3.05, 3.63) is 33.3 Å². The van der Waals surface area contributed by atoms with Gasteiger partial charge >= 0.3 is 11.9 Å². The van der Waals surface area contributed by atoms with E-state index >= 15 is 0 Å². The van der Waals surface area contributed by atoms with E-state index in [1.807, 2.05) is 0 Å². The molecule has 0 atom stereocenters. The van der Waals surface area contributed by atoms with Crippen molar-refractivity contribution < 1.29 is 19.8 Å². The molecule has 5 nitrogen and oxygen atoms in total. The van der Waals surface area contributed by atoms with Gasteiger partial charge in [-0.25, -0.2) is 9.59 Å². The molecular weight excluding hydrogens is 266 g/mol. The second kappa shape index (κ2) is 4.11. The standard InChI is InChI=1S/C9H4BrNO4/c10-7-2-6(9(14)15)5(8(12)13)1-4(7)3-11/h1-2H,(H,12,13)(H,14,15). The summed E-state index contributed by atoms with van der Waals surface area (Å²) in [4.78, 5) is 21.4. The van der Waals surface area contributed by atoms with Crippen molar-refractivity contribution in [2.24, 2.45) is 0 Å². The van der Waals surface area contributed by atoms with Crippen LogP contribution < -0.4 is 0 Å². The van der Waals surface area contributed by atoms with E-state index in [0.717, 1.165) is 12.1 Å². The third-order valence-corrected chi connectivity index (χ3v) is 2.34. The summed E-state index contributed by atoms with van der Waals surface area (Å²) in [7, 11) is 0. The Morgan fingerprint density at radius 2 is 1.67 bits per heavy atom. The predicted octanol–water partition coefficient (Wildman–Crippen LogP) is 1.72. The lowest BCUT2D eigenvalue weighted by Crippen LogP contribution is -2.08. The molecule has 2 N–H and O–H groups in total. The number of hydrogen-bond donors (Lipinski definition) is 2. The lowest BCUT2D eigenvalue weighted by Gasteiger charge is -2.03. The van der Waals surface area contributed by atoms with E-state index in [1.54, 1.807) is 6.07 Å². The Bertz CT molecular complexity index is 490. The number of nitrogens with zero attached hydrogens (tertiary/aromatic N) is 1. The van der Waals surface area contributed by atoms with Gasteiger partial charge in [-0.2, -0.15) is 5.26 Å². The molecule has 1 aromatic rings. The Morgan fingerprint density at radius 1 is 1.20 bits per heavy atom. The van der Waals surface area contributed by atoms with Crippen LogP contribution in [-0.2, 0) is 0 Å².